The van der Waals surface area contributed by atoms with Crippen LogP contribution in [0.25, 0.3) is 6.08 Å². The van der Waals surface area contributed by atoms with Gasteiger partial charge in [0.05, 0.1) is 20.3 Å². The molecule has 1 spiro atoms. The summed E-state index contributed by atoms with van der Waals surface area (Å²) in [4.78, 5) is 46.3. The van der Waals surface area contributed by atoms with Gasteiger partial charge in [-0.3, -0.25) is 14.4 Å². The fourth-order valence-electron chi connectivity index (χ4n) is 7.12. The van der Waals surface area contributed by atoms with E-state index in [-0.39, 0.29) is 17.3 Å². The minimum atomic E-state index is -1.61. The van der Waals surface area contributed by atoms with Gasteiger partial charge in [-0.15, -0.1) is 0 Å². The van der Waals surface area contributed by atoms with Gasteiger partial charge in [-0.05, 0) is 29.8 Å². The molecular formula is C35H27NO5. The fourth-order valence-corrected chi connectivity index (χ4v) is 7.12. The van der Waals surface area contributed by atoms with Gasteiger partial charge in [0.15, 0.2) is 17.3 Å². The standard InChI is InChI=1S/C35H27NO5/c1-40-23-17-18-28(41-2)26(20-23)30-31(32(37)22-11-4-3-5-12-22)36-27-15-9-6-10-21(27)16-19-29(36)35(30)33(38)24-13-7-8-14-25(24)34(35)39/h3-20,29-31H,1-2H3/t29-,30+,31-/m1/s1. The van der Waals surface area contributed by atoms with Gasteiger partial charge in [0.1, 0.15) is 23.0 Å². The molecule has 1 fully saturated rings. The summed E-state index contributed by atoms with van der Waals surface area (Å²) in [6.45, 7) is 0. The highest BCUT2D eigenvalue weighted by atomic mass is 16.5. The minimum Gasteiger partial charge on any atom is -0.497 e. The Bertz CT molecular complexity index is 1720. The highest BCUT2D eigenvalue weighted by molar-refractivity contribution is 6.32. The van der Waals surface area contributed by atoms with Crippen molar-refractivity contribution < 1.29 is 23.9 Å². The van der Waals surface area contributed by atoms with E-state index in [1.54, 1.807) is 68.8 Å². The molecule has 0 N–H and O–H groups in total. The molecule has 3 aliphatic rings. The summed E-state index contributed by atoms with van der Waals surface area (Å²) in [5, 5.41) is 0. The smallest absolute Gasteiger partial charge is 0.185 e. The number of ether oxygens (including phenoxy) is 2. The maximum atomic E-state index is 14.8. The maximum absolute atomic E-state index is 14.8. The summed E-state index contributed by atoms with van der Waals surface area (Å²) in [5.41, 5.74) is 1.95. The van der Waals surface area contributed by atoms with Crippen molar-refractivity contribution >= 4 is 29.1 Å². The highest BCUT2D eigenvalue weighted by Gasteiger charge is 2.72. The Morgan fingerprint density at radius 1 is 0.780 bits per heavy atom. The summed E-state index contributed by atoms with van der Waals surface area (Å²) >= 11 is 0. The predicted molar refractivity (Wildman–Crippen MR) is 156 cm³/mol. The molecule has 41 heavy (non-hydrogen) atoms. The first kappa shape index (κ1) is 25.0. The van der Waals surface area contributed by atoms with Crippen LogP contribution in [0.4, 0.5) is 5.69 Å². The Labute approximate surface area is 237 Å². The monoisotopic (exact) mass is 541 g/mol. The number of ketones is 3. The molecule has 2 aliphatic heterocycles. The zero-order valence-electron chi connectivity index (χ0n) is 22.6. The number of rotatable bonds is 5. The van der Waals surface area contributed by atoms with Crippen molar-refractivity contribution in [1.29, 1.82) is 0 Å². The van der Waals surface area contributed by atoms with E-state index in [4.69, 9.17) is 9.47 Å². The molecule has 1 aliphatic carbocycles. The molecule has 4 aromatic rings. The Balaban J connectivity index is 1.59. The van der Waals surface area contributed by atoms with Gasteiger partial charge < -0.3 is 14.4 Å². The second kappa shape index (κ2) is 9.30. The minimum absolute atomic E-state index is 0.177. The lowest BCUT2D eigenvalue weighted by molar-refractivity contribution is 0.0664. The van der Waals surface area contributed by atoms with E-state index < -0.39 is 23.4 Å². The van der Waals surface area contributed by atoms with E-state index in [0.717, 1.165) is 11.3 Å². The van der Waals surface area contributed by atoms with Gasteiger partial charge in [-0.2, -0.15) is 0 Å². The van der Waals surface area contributed by atoms with Crippen molar-refractivity contribution in [3.63, 3.8) is 0 Å². The molecule has 7 rings (SSSR count). The molecule has 2 heterocycles. The maximum Gasteiger partial charge on any atom is 0.185 e. The van der Waals surface area contributed by atoms with E-state index >= 15 is 0 Å². The second-order valence-corrected chi connectivity index (χ2v) is 10.6. The number of para-hydroxylation sites is 1. The van der Waals surface area contributed by atoms with Crippen LogP contribution in [0.1, 0.15) is 48.1 Å². The molecule has 3 atom stereocenters. The number of carbonyl (C=O) groups is 3. The average molecular weight is 542 g/mol. The lowest BCUT2D eigenvalue weighted by Gasteiger charge is -2.37. The summed E-state index contributed by atoms with van der Waals surface area (Å²) in [5.74, 6) is -0.601. The van der Waals surface area contributed by atoms with Gasteiger partial charge in [0.2, 0.25) is 0 Å². The van der Waals surface area contributed by atoms with Crippen molar-refractivity contribution in [2.75, 3.05) is 19.1 Å². The van der Waals surface area contributed by atoms with Gasteiger partial charge >= 0.3 is 0 Å². The van der Waals surface area contributed by atoms with Crippen LogP contribution in [0, 0.1) is 5.41 Å². The zero-order valence-corrected chi connectivity index (χ0v) is 22.6. The number of fused-ring (bicyclic) bond motifs is 5. The van der Waals surface area contributed by atoms with Crippen LogP contribution >= 0.6 is 0 Å². The molecule has 0 radical (unpaired) electrons. The van der Waals surface area contributed by atoms with Crippen molar-refractivity contribution in [1.82, 2.24) is 0 Å². The van der Waals surface area contributed by atoms with Gasteiger partial charge in [0, 0.05) is 33.9 Å². The molecule has 0 aromatic heterocycles. The Hall–Kier alpha value is -4.97. The number of hydrogen-bond donors (Lipinski definition) is 0. The normalized spacial score (nSPS) is 21.4. The van der Waals surface area contributed by atoms with Crippen molar-refractivity contribution in [3.05, 3.63) is 131 Å². The highest BCUT2D eigenvalue weighted by Crippen LogP contribution is 2.62. The van der Waals surface area contributed by atoms with E-state index in [9.17, 15) is 14.4 Å². The van der Waals surface area contributed by atoms with Crippen LogP contribution in [0.3, 0.4) is 0 Å². The van der Waals surface area contributed by atoms with Crippen LogP contribution < -0.4 is 14.4 Å². The molecule has 0 amide bonds. The molecule has 0 saturated carbocycles. The second-order valence-electron chi connectivity index (χ2n) is 10.6. The predicted octanol–water partition coefficient (Wildman–Crippen LogP) is 6.02. The molecule has 6 heteroatoms. The van der Waals surface area contributed by atoms with Crippen LogP contribution in [-0.2, 0) is 0 Å². The lowest BCUT2D eigenvalue weighted by atomic mass is 9.64. The number of Topliss-reactive ketones (excluding diaryl/α,β-unsaturated/α-hetero) is 3. The molecule has 202 valence electrons. The lowest BCUT2D eigenvalue weighted by Crippen LogP contribution is -2.48. The third kappa shape index (κ3) is 3.34. The van der Waals surface area contributed by atoms with Crippen LogP contribution in [-0.4, -0.2) is 43.7 Å². The fraction of sp³-hybridized carbons (Fsp3) is 0.171. The zero-order chi connectivity index (χ0) is 28.3. The molecule has 4 aromatic carbocycles. The average Bonchev–Trinajstić information content (AvgIpc) is 3.46. The molecule has 6 nitrogen and oxygen atoms in total. The van der Waals surface area contributed by atoms with E-state index in [0.29, 0.717) is 33.8 Å². The van der Waals surface area contributed by atoms with Crippen LogP contribution in [0.15, 0.2) is 103 Å². The number of benzene rings is 4. The summed E-state index contributed by atoms with van der Waals surface area (Å²) in [6, 6.07) is 27.5. The number of nitrogens with zero attached hydrogens (tertiary/aromatic N) is 1. The quantitative estimate of drug-likeness (QED) is 0.227. The number of carbonyl (C=O) groups excluding carboxylic acids is 3. The number of methoxy groups -OCH3 is 2. The Morgan fingerprint density at radius 2 is 1.44 bits per heavy atom. The van der Waals surface area contributed by atoms with Crippen molar-refractivity contribution in [2.45, 2.75) is 18.0 Å². The molecular weight excluding hydrogens is 514 g/mol. The van der Waals surface area contributed by atoms with Crippen LogP contribution in [0.5, 0.6) is 11.5 Å². The van der Waals surface area contributed by atoms with Crippen LogP contribution in [0.2, 0.25) is 0 Å². The summed E-state index contributed by atoms with van der Waals surface area (Å²) in [7, 11) is 3.11. The summed E-state index contributed by atoms with van der Waals surface area (Å²) in [6.07, 6.45) is 3.87. The topological polar surface area (TPSA) is 72.9 Å². The van der Waals surface area contributed by atoms with E-state index in [1.165, 1.54) is 0 Å². The summed E-state index contributed by atoms with van der Waals surface area (Å²) < 4.78 is 11.4. The molecule has 1 saturated heterocycles. The number of anilines is 1. The SMILES string of the molecule is COc1ccc(OC)c([C@H]2[C@H](C(=O)c3ccccc3)N3c4ccccc4C=C[C@@H]3C23C(=O)c2ccccc2C3=O)c1. The largest absolute Gasteiger partial charge is 0.497 e. The first-order valence-electron chi connectivity index (χ1n) is 13.6. The Kier molecular flexibility index (Phi) is 5.68. The van der Waals surface area contributed by atoms with E-state index in [1.807, 2.05) is 59.5 Å². The first-order valence-corrected chi connectivity index (χ1v) is 13.6. The first-order chi connectivity index (χ1) is 20.0. The number of hydrogen-bond acceptors (Lipinski definition) is 6. The van der Waals surface area contributed by atoms with Gasteiger partial charge in [-0.25, -0.2) is 0 Å². The molecule has 0 unspecified atom stereocenters. The Morgan fingerprint density at radius 3 is 2.12 bits per heavy atom. The molecule has 0 bridgehead atoms. The van der Waals surface area contributed by atoms with Crippen molar-refractivity contribution in [2.24, 2.45) is 5.41 Å². The van der Waals surface area contributed by atoms with Gasteiger partial charge in [0.25, 0.3) is 0 Å². The third-order valence-corrected chi connectivity index (χ3v) is 8.81. The van der Waals surface area contributed by atoms with E-state index in [2.05, 4.69) is 0 Å². The van der Waals surface area contributed by atoms with Crippen molar-refractivity contribution in [3.8, 4) is 11.5 Å². The third-order valence-electron chi connectivity index (χ3n) is 8.81. The van der Waals surface area contributed by atoms with Gasteiger partial charge in [-0.1, -0.05) is 84.9 Å².